The summed E-state index contributed by atoms with van der Waals surface area (Å²) in [6, 6.07) is 7.64. The first-order valence-electron chi connectivity index (χ1n) is 9.19. The van der Waals surface area contributed by atoms with E-state index >= 15 is 0 Å². The second-order valence-corrected chi connectivity index (χ2v) is 8.91. The van der Waals surface area contributed by atoms with Crippen molar-refractivity contribution in [3.8, 4) is 0 Å². The van der Waals surface area contributed by atoms with Gasteiger partial charge in [-0.25, -0.2) is 0 Å². The van der Waals surface area contributed by atoms with Crippen LogP contribution in [0.4, 0.5) is 0 Å². The quantitative estimate of drug-likeness (QED) is 0.645. The average molecular weight is 361 g/mol. The summed E-state index contributed by atoms with van der Waals surface area (Å²) in [6.07, 6.45) is 0.565. The first-order chi connectivity index (χ1) is 11.8. The molecule has 1 fully saturated rings. The fourth-order valence-electron chi connectivity index (χ4n) is 2.70. The lowest BCUT2D eigenvalue weighted by Crippen LogP contribution is -2.41. The van der Waals surface area contributed by atoms with Crippen molar-refractivity contribution in [3.63, 3.8) is 0 Å². The molecule has 0 bridgehead atoms. The maximum absolute atomic E-state index is 12.3. The Morgan fingerprint density at radius 2 is 1.62 bits per heavy atom. The normalized spacial score (nSPS) is 20.1. The molecular weight excluding hydrogens is 329 g/mol. The second-order valence-electron chi connectivity index (χ2n) is 8.91. The van der Waals surface area contributed by atoms with Gasteiger partial charge < -0.3 is 19.4 Å². The predicted molar refractivity (Wildman–Crippen MR) is 105 cm³/mol. The lowest BCUT2D eigenvalue weighted by Gasteiger charge is -2.32. The predicted octanol–water partition coefficient (Wildman–Crippen LogP) is 2.46. The molecular formula is C20H32BNO4. The third-order valence-electron chi connectivity index (χ3n) is 4.98. The number of hydrogen-bond acceptors (Lipinski definition) is 5. The van der Waals surface area contributed by atoms with Gasteiger partial charge in [0.25, 0.3) is 0 Å². The van der Waals surface area contributed by atoms with Crippen molar-refractivity contribution in [2.24, 2.45) is 0 Å². The van der Waals surface area contributed by atoms with Crippen molar-refractivity contribution in [3.05, 3.63) is 29.8 Å². The van der Waals surface area contributed by atoms with Crippen molar-refractivity contribution in [2.75, 3.05) is 7.05 Å². The third kappa shape index (κ3) is 4.87. The van der Waals surface area contributed by atoms with Gasteiger partial charge in [-0.3, -0.25) is 4.79 Å². The molecule has 1 aliphatic heterocycles. The number of nitrogens with one attached hydrogen (secondary N) is 1. The molecule has 0 radical (unpaired) electrons. The zero-order chi connectivity index (χ0) is 19.8. The summed E-state index contributed by atoms with van der Waals surface area (Å²) in [5.41, 5.74) is 0.822. The number of carbonyl (C=O) groups excluding carboxylic acids is 1. The van der Waals surface area contributed by atoms with Crippen LogP contribution in [0.25, 0.3) is 0 Å². The van der Waals surface area contributed by atoms with Gasteiger partial charge in [0.1, 0.15) is 11.6 Å². The Labute approximate surface area is 157 Å². The van der Waals surface area contributed by atoms with Gasteiger partial charge in [-0.15, -0.1) is 0 Å². The third-order valence-corrected chi connectivity index (χ3v) is 4.98. The van der Waals surface area contributed by atoms with Crippen LogP contribution in [0, 0.1) is 0 Å². The Morgan fingerprint density at radius 1 is 1.12 bits per heavy atom. The van der Waals surface area contributed by atoms with E-state index < -0.39 is 5.60 Å². The van der Waals surface area contributed by atoms with Gasteiger partial charge in [0.2, 0.25) is 0 Å². The highest BCUT2D eigenvalue weighted by molar-refractivity contribution is 6.62. The lowest BCUT2D eigenvalue weighted by atomic mass is 9.78. The SMILES string of the molecule is CNC(Cc1ccc(B2OC(C)(C)C(C)(C)O2)cc1)C(=O)OC(C)(C)C. The molecule has 2 rings (SSSR count). The van der Waals surface area contributed by atoms with Crippen LogP contribution in [-0.4, -0.2) is 43.0 Å². The van der Waals surface area contributed by atoms with Crippen molar-refractivity contribution in [1.29, 1.82) is 0 Å². The standard InChI is InChI=1S/C20H32BNO4/c1-18(2,3)24-17(23)16(22-8)13-14-9-11-15(12-10-14)21-25-19(4,5)20(6,7)26-21/h9-12,16,22H,13H2,1-8H3. The minimum atomic E-state index is -0.493. The smallest absolute Gasteiger partial charge is 0.459 e. The summed E-state index contributed by atoms with van der Waals surface area (Å²) in [6.45, 7) is 13.8. The van der Waals surface area contributed by atoms with E-state index in [4.69, 9.17) is 14.0 Å². The molecule has 1 aromatic rings. The molecule has 5 nitrogen and oxygen atoms in total. The van der Waals surface area contributed by atoms with Crippen LogP contribution in [0.15, 0.2) is 24.3 Å². The van der Waals surface area contributed by atoms with Gasteiger partial charge in [0.05, 0.1) is 11.2 Å². The zero-order valence-electron chi connectivity index (χ0n) is 17.3. The van der Waals surface area contributed by atoms with Gasteiger partial charge in [-0.1, -0.05) is 24.3 Å². The molecule has 6 heteroatoms. The molecule has 1 saturated heterocycles. The molecule has 0 aliphatic carbocycles. The molecule has 0 spiro atoms. The molecule has 1 aromatic carbocycles. The van der Waals surface area contributed by atoms with Gasteiger partial charge in [0, 0.05) is 0 Å². The van der Waals surface area contributed by atoms with Crippen LogP contribution < -0.4 is 10.8 Å². The van der Waals surface area contributed by atoms with Crippen molar-refractivity contribution < 1.29 is 18.8 Å². The highest BCUT2D eigenvalue weighted by Gasteiger charge is 2.51. The summed E-state index contributed by atoms with van der Waals surface area (Å²) in [7, 11) is 1.40. The number of hydrogen-bond donors (Lipinski definition) is 1. The Kier molecular flexibility index (Phi) is 5.91. The average Bonchev–Trinajstić information content (AvgIpc) is 2.71. The molecule has 0 amide bonds. The fraction of sp³-hybridized carbons (Fsp3) is 0.650. The number of benzene rings is 1. The van der Waals surface area contributed by atoms with E-state index in [1.807, 2.05) is 72.7 Å². The van der Waals surface area contributed by atoms with Gasteiger partial charge in [0.15, 0.2) is 0 Å². The Hall–Kier alpha value is -1.37. The first kappa shape index (κ1) is 20.9. The van der Waals surface area contributed by atoms with E-state index in [0.29, 0.717) is 6.42 Å². The van der Waals surface area contributed by atoms with Gasteiger partial charge in [-0.05, 0) is 73.0 Å². The molecule has 1 N–H and O–H groups in total. The summed E-state index contributed by atoms with van der Waals surface area (Å²) in [5.74, 6) is -0.241. The largest absolute Gasteiger partial charge is 0.494 e. The molecule has 1 unspecified atom stereocenters. The topological polar surface area (TPSA) is 56.8 Å². The second kappa shape index (κ2) is 7.33. The maximum atomic E-state index is 12.3. The molecule has 1 heterocycles. The van der Waals surface area contributed by atoms with Crippen LogP contribution >= 0.6 is 0 Å². The van der Waals surface area contributed by atoms with Gasteiger partial charge >= 0.3 is 13.1 Å². The van der Waals surface area contributed by atoms with E-state index in [1.54, 1.807) is 7.05 Å². The van der Waals surface area contributed by atoms with Crippen molar-refractivity contribution >= 4 is 18.6 Å². The number of ether oxygens (including phenoxy) is 1. The summed E-state index contributed by atoms with van der Waals surface area (Å²) in [4.78, 5) is 12.3. The number of rotatable bonds is 5. The molecule has 1 aliphatic rings. The maximum Gasteiger partial charge on any atom is 0.494 e. The van der Waals surface area contributed by atoms with E-state index in [9.17, 15) is 4.79 Å². The zero-order valence-corrected chi connectivity index (χ0v) is 17.3. The molecule has 1 atom stereocenters. The lowest BCUT2D eigenvalue weighted by molar-refractivity contribution is -0.157. The van der Waals surface area contributed by atoms with Crippen LogP contribution in [0.5, 0.6) is 0 Å². The van der Waals surface area contributed by atoms with E-state index in [1.165, 1.54) is 0 Å². The van der Waals surface area contributed by atoms with Gasteiger partial charge in [-0.2, -0.15) is 0 Å². The van der Waals surface area contributed by atoms with Crippen LogP contribution in [0.2, 0.25) is 0 Å². The monoisotopic (exact) mass is 361 g/mol. The molecule has 26 heavy (non-hydrogen) atoms. The Morgan fingerprint density at radius 3 is 2.04 bits per heavy atom. The van der Waals surface area contributed by atoms with E-state index in [-0.39, 0.29) is 30.3 Å². The van der Waals surface area contributed by atoms with Crippen molar-refractivity contribution in [1.82, 2.24) is 5.32 Å². The minimum absolute atomic E-state index is 0.241. The van der Waals surface area contributed by atoms with E-state index in [0.717, 1.165) is 11.0 Å². The highest BCUT2D eigenvalue weighted by atomic mass is 16.7. The number of likely N-dealkylation sites (N-methyl/N-ethyl adjacent to an activating group) is 1. The number of esters is 1. The van der Waals surface area contributed by atoms with Crippen LogP contribution in [0.1, 0.15) is 54.0 Å². The molecule has 144 valence electrons. The molecule has 0 aromatic heterocycles. The first-order valence-corrected chi connectivity index (χ1v) is 9.19. The number of carbonyl (C=O) groups is 1. The van der Waals surface area contributed by atoms with Crippen molar-refractivity contribution in [2.45, 2.75) is 77.7 Å². The summed E-state index contributed by atoms with van der Waals surface area (Å²) >= 11 is 0. The summed E-state index contributed by atoms with van der Waals surface area (Å²) < 4.78 is 17.6. The summed E-state index contributed by atoms with van der Waals surface area (Å²) in [5, 5.41) is 3.04. The van der Waals surface area contributed by atoms with E-state index in [2.05, 4.69) is 5.32 Å². The molecule has 0 saturated carbocycles. The Balaban J connectivity index is 2.04. The minimum Gasteiger partial charge on any atom is -0.459 e. The van der Waals surface area contributed by atoms with Crippen LogP contribution in [-0.2, 0) is 25.3 Å². The Bertz CT molecular complexity index is 618. The highest BCUT2D eigenvalue weighted by Crippen LogP contribution is 2.36. The van der Waals surface area contributed by atoms with Crippen LogP contribution in [0.3, 0.4) is 0 Å². The fourth-order valence-corrected chi connectivity index (χ4v) is 2.70.